The minimum atomic E-state index is -0.989. The van der Waals surface area contributed by atoms with Crippen molar-refractivity contribution in [1.82, 2.24) is 0 Å². The number of rotatable bonds is 10. The fourth-order valence-electron chi connectivity index (χ4n) is 5.65. The van der Waals surface area contributed by atoms with Crippen molar-refractivity contribution in [3.05, 3.63) is 120 Å². The summed E-state index contributed by atoms with van der Waals surface area (Å²) in [5, 5.41) is 11.3. The minimum Gasteiger partial charge on any atom is -0.497 e. The monoisotopic (exact) mass is 528 g/mol. The van der Waals surface area contributed by atoms with Crippen molar-refractivity contribution in [1.29, 1.82) is 0 Å². The van der Waals surface area contributed by atoms with Gasteiger partial charge in [-0.15, -0.1) is 0 Å². The Hall–Kier alpha value is -3.42. The number of methoxy groups -OCH3 is 3. The molecule has 39 heavy (non-hydrogen) atoms. The first kappa shape index (κ1) is 27.2. The van der Waals surface area contributed by atoms with E-state index < -0.39 is 23.9 Å². The Bertz CT molecular complexity index is 1200. The van der Waals surface area contributed by atoms with Crippen LogP contribution in [0.2, 0.25) is 0 Å². The lowest BCUT2D eigenvalue weighted by Crippen LogP contribution is -2.40. The van der Waals surface area contributed by atoms with Crippen molar-refractivity contribution in [3.8, 4) is 11.5 Å². The summed E-state index contributed by atoms with van der Waals surface area (Å²) in [6.07, 6.45) is 7.00. The van der Waals surface area contributed by atoms with E-state index >= 15 is 0 Å². The van der Waals surface area contributed by atoms with Crippen molar-refractivity contribution in [2.24, 2.45) is 5.92 Å². The Kier molecular flexibility index (Phi) is 8.48. The molecule has 1 saturated heterocycles. The molecule has 0 spiro atoms. The van der Waals surface area contributed by atoms with Crippen LogP contribution in [0.4, 0.5) is 0 Å². The predicted octanol–water partition coefficient (Wildman–Crippen LogP) is 5.29. The van der Waals surface area contributed by atoms with Gasteiger partial charge in [0.15, 0.2) is 0 Å². The minimum absolute atomic E-state index is 0.127. The molecule has 2 aliphatic rings. The molecule has 3 aromatic rings. The quantitative estimate of drug-likeness (QED) is 0.361. The first-order valence-corrected chi connectivity index (χ1v) is 13.3. The topological polar surface area (TPSA) is 66.4 Å². The lowest BCUT2D eigenvalue weighted by molar-refractivity contribution is -0.0871. The second-order valence-corrected chi connectivity index (χ2v) is 9.86. The van der Waals surface area contributed by atoms with Gasteiger partial charge >= 0.3 is 0 Å². The van der Waals surface area contributed by atoms with Gasteiger partial charge in [0.1, 0.15) is 35.4 Å². The van der Waals surface area contributed by atoms with E-state index in [-0.39, 0.29) is 18.6 Å². The molecule has 5 rings (SSSR count). The first-order chi connectivity index (χ1) is 19.1. The molecular weight excluding hydrogens is 492 g/mol. The summed E-state index contributed by atoms with van der Waals surface area (Å²) in [5.41, 5.74) is 1.81. The zero-order valence-electron chi connectivity index (χ0n) is 22.6. The highest BCUT2D eigenvalue weighted by Crippen LogP contribution is 2.43. The molecule has 1 unspecified atom stereocenters. The molecule has 5 atom stereocenters. The van der Waals surface area contributed by atoms with E-state index in [1.807, 2.05) is 78.9 Å². The van der Waals surface area contributed by atoms with Crippen molar-refractivity contribution >= 4 is 0 Å². The number of allylic oxidation sites excluding steroid dienone is 3. The van der Waals surface area contributed by atoms with E-state index in [9.17, 15) is 5.11 Å². The van der Waals surface area contributed by atoms with E-state index in [1.165, 1.54) is 0 Å². The highest BCUT2D eigenvalue weighted by atomic mass is 16.6. The maximum absolute atomic E-state index is 11.3. The molecule has 0 radical (unpaired) electrons. The SMILES string of the molecule is COc1ccc(C(OC[C@H]2O[C@H](C3C=CC=CC3)[C@H](OC)[C@@H]2O)(c2ccccc2)c2ccc(OC)cc2)cc1. The van der Waals surface area contributed by atoms with Crippen LogP contribution < -0.4 is 9.47 Å². The summed E-state index contributed by atoms with van der Waals surface area (Å²) >= 11 is 0. The molecule has 204 valence electrons. The predicted molar refractivity (Wildman–Crippen MR) is 150 cm³/mol. The van der Waals surface area contributed by atoms with E-state index in [0.29, 0.717) is 0 Å². The molecule has 1 heterocycles. The summed E-state index contributed by atoms with van der Waals surface area (Å²) in [6.45, 7) is 0.150. The molecule has 0 amide bonds. The van der Waals surface area contributed by atoms with E-state index in [4.69, 9.17) is 23.7 Å². The fourth-order valence-corrected chi connectivity index (χ4v) is 5.65. The van der Waals surface area contributed by atoms with Crippen LogP contribution in [0.15, 0.2) is 103 Å². The van der Waals surface area contributed by atoms with Gasteiger partial charge in [-0.05, 0) is 47.4 Å². The molecule has 0 aromatic heterocycles. The molecule has 0 bridgehead atoms. The third-order valence-corrected chi connectivity index (χ3v) is 7.72. The van der Waals surface area contributed by atoms with Gasteiger partial charge in [0.25, 0.3) is 0 Å². The molecule has 3 aromatic carbocycles. The Balaban J connectivity index is 1.54. The molecule has 1 aliphatic carbocycles. The van der Waals surface area contributed by atoms with Gasteiger partial charge in [-0.25, -0.2) is 0 Å². The zero-order valence-corrected chi connectivity index (χ0v) is 22.6. The van der Waals surface area contributed by atoms with Crippen molar-refractivity contribution in [2.75, 3.05) is 27.9 Å². The van der Waals surface area contributed by atoms with Crippen LogP contribution >= 0.6 is 0 Å². The maximum Gasteiger partial charge on any atom is 0.143 e. The van der Waals surface area contributed by atoms with Gasteiger partial charge in [-0.3, -0.25) is 0 Å². The van der Waals surface area contributed by atoms with Gasteiger partial charge in [-0.1, -0.05) is 78.9 Å². The van der Waals surface area contributed by atoms with E-state index in [2.05, 4.69) is 24.3 Å². The van der Waals surface area contributed by atoms with Crippen molar-refractivity contribution < 1.29 is 28.8 Å². The number of hydrogen-bond acceptors (Lipinski definition) is 6. The maximum atomic E-state index is 11.3. The lowest BCUT2D eigenvalue weighted by atomic mass is 9.80. The standard InChI is InChI=1S/C33H36O6/c1-35-27-18-14-25(15-19-27)33(24-12-8-5-9-13-24,26-16-20-28(36-2)21-17-26)38-22-29-30(34)32(37-3)31(39-29)23-10-6-4-7-11-23/h4-10,12-21,23,29-32,34H,11,22H2,1-3H3/t23?,29-,30-,31-,32-/m1/s1. The second kappa shape index (κ2) is 12.2. The Morgan fingerprint density at radius 1 is 0.795 bits per heavy atom. The Labute approximate surface area is 230 Å². The lowest BCUT2D eigenvalue weighted by Gasteiger charge is -2.37. The Morgan fingerprint density at radius 2 is 1.38 bits per heavy atom. The van der Waals surface area contributed by atoms with Gasteiger partial charge in [0, 0.05) is 13.0 Å². The molecule has 6 heteroatoms. The van der Waals surface area contributed by atoms with Crippen LogP contribution in [0.3, 0.4) is 0 Å². The number of benzene rings is 3. The average Bonchev–Trinajstić information content (AvgIpc) is 3.34. The van der Waals surface area contributed by atoms with Crippen LogP contribution in [0, 0.1) is 5.92 Å². The average molecular weight is 529 g/mol. The van der Waals surface area contributed by atoms with Crippen LogP contribution in [0.25, 0.3) is 0 Å². The molecular formula is C33H36O6. The van der Waals surface area contributed by atoms with Crippen LogP contribution in [-0.2, 0) is 19.8 Å². The van der Waals surface area contributed by atoms with Crippen LogP contribution in [-0.4, -0.2) is 57.5 Å². The summed E-state index contributed by atoms with van der Waals surface area (Å²) < 4.78 is 30.0. The summed E-state index contributed by atoms with van der Waals surface area (Å²) in [7, 11) is 4.93. The van der Waals surface area contributed by atoms with Crippen molar-refractivity contribution in [3.63, 3.8) is 0 Å². The first-order valence-electron chi connectivity index (χ1n) is 13.3. The van der Waals surface area contributed by atoms with E-state index in [1.54, 1.807) is 21.3 Å². The van der Waals surface area contributed by atoms with Gasteiger partial charge in [0.2, 0.25) is 0 Å². The normalized spacial score (nSPS) is 24.6. The van der Waals surface area contributed by atoms with Crippen LogP contribution in [0.1, 0.15) is 23.1 Å². The largest absolute Gasteiger partial charge is 0.497 e. The van der Waals surface area contributed by atoms with Gasteiger partial charge in [0.05, 0.1) is 26.9 Å². The van der Waals surface area contributed by atoms with Crippen LogP contribution in [0.5, 0.6) is 11.5 Å². The number of hydrogen-bond donors (Lipinski definition) is 1. The summed E-state index contributed by atoms with van der Waals surface area (Å²) in [4.78, 5) is 0. The third kappa shape index (κ3) is 5.38. The number of aliphatic hydroxyl groups is 1. The number of aliphatic hydroxyl groups excluding tert-OH is 1. The Morgan fingerprint density at radius 3 is 1.90 bits per heavy atom. The third-order valence-electron chi connectivity index (χ3n) is 7.72. The molecule has 1 aliphatic heterocycles. The second-order valence-electron chi connectivity index (χ2n) is 9.86. The molecule has 6 nitrogen and oxygen atoms in total. The van der Waals surface area contributed by atoms with Gasteiger partial charge < -0.3 is 28.8 Å². The zero-order chi connectivity index (χ0) is 27.2. The number of ether oxygens (including phenoxy) is 5. The van der Waals surface area contributed by atoms with Crippen molar-refractivity contribution in [2.45, 2.75) is 36.4 Å². The molecule has 1 fully saturated rings. The highest BCUT2D eigenvalue weighted by molar-refractivity contribution is 5.49. The summed E-state index contributed by atoms with van der Waals surface area (Å²) in [6, 6.07) is 25.9. The molecule has 0 saturated carbocycles. The smallest absolute Gasteiger partial charge is 0.143 e. The molecule has 1 N–H and O–H groups in total. The summed E-state index contributed by atoms with van der Waals surface area (Å²) in [5.74, 6) is 1.64. The van der Waals surface area contributed by atoms with Gasteiger partial charge in [-0.2, -0.15) is 0 Å². The van der Waals surface area contributed by atoms with E-state index in [0.717, 1.165) is 34.6 Å². The fraction of sp³-hybridized carbons (Fsp3) is 0.333. The highest BCUT2D eigenvalue weighted by Gasteiger charge is 2.48.